The first-order valence-corrected chi connectivity index (χ1v) is 5.36. The van der Waals surface area contributed by atoms with Crippen LogP contribution in [-0.4, -0.2) is 18.2 Å². The lowest BCUT2D eigenvalue weighted by molar-refractivity contribution is -0.141. The van der Waals surface area contributed by atoms with E-state index in [4.69, 9.17) is 5.73 Å². The van der Waals surface area contributed by atoms with Crippen LogP contribution in [-0.2, 0) is 9.53 Å². The molecule has 0 heterocycles. The van der Waals surface area contributed by atoms with E-state index in [0.29, 0.717) is 0 Å². The fourth-order valence-electron chi connectivity index (χ4n) is 1.31. The standard InChI is InChI=1S/C10H10BrF2NO3.ClH/c1-17-7(15)3-6(14)8-9(13)5(12)2-4(11)10(8)16;/h2,6,16H,3,14H2,1H3;1H/t6-;/m1./s1. The number of phenolic OH excluding ortho intramolecular Hbond substituents is 1. The van der Waals surface area contributed by atoms with E-state index in [0.717, 1.165) is 13.2 Å². The summed E-state index contributed by atoms with van der Waals surface area (Å²) in [5, 5.41) is 9.57. The van der Waals surface area contributed by atoms with Crippen LogP contribution in [0.5, 0.6) is 5.75 Å². The van der Waals surface area contributed by atoms with Crippen LogP contribution in [0.2, 0.25) is 0 Å². The summed E-state index contributed by atoms with van der Waals surface area (Å²) in [5.41, 5.74) is 5.07. The smallest absolute Gasteiger partial charge is 0.307 e. The van der Waals surface area contributed by atoms with Crippen molar-refractivity contribution in [2.45, 2.75) is 12.5 Å². The molecule has 1 aromatic carbocycles. The highest BCUT2D eigenvalue weighted by molar-refractivity contribution is 9.10. The molecule has 102 valence electrons. The number of carbonyl (C=O) groups is 1. The molecule has 0 aromatic heterocycles. The number of nitrogens with two attached hydrogens (primary N) is 1. The van der Waals surface area contributed by atoms with Crippen LogP contribution in [0.3, 0.4) is 0 Å². The molecule has 0 bridgehead atoms. The highest BCUT2D eigenvalue weighted by Crippen LogP contribution is 2.35. The summed E-state index contributed by atoms with van der Waals surface area (Å²) in [7, 11) is 1.15. The Morgan fingerprint density at radius 3 is 2.67 bits per heavy atom. The number of esters is 1. The predicted octanol–water partition coefficient (Wildman–Crippen LogP) is 2.42. The molecule has 4 nitrogen and oxygen atoms in total. The quantitative estimate of drug-likeness (QED) is 0.651. The van der Waals surface area contributed by atoms with Gasteiger partial charge in [-0.1, -0.05) is 0 Å². The van der Waals surface area contributed by atoms with Gasteiger partial charge in [-0.3, -0.25) is 4.79 Å². The molecule has 1 atom stereocenters. The lowest BCUT2D eigenvalue weighted by Crippen LogP contribution is -2.18. The van der Waals surface area contributed by atoms with E-state index in [1.165, 1.54) is 0 Å². The largest absolute Gasteiger partial charge is 0.506 e. The number of rotatable bonds is 3. The average Bonchev–Trinajstić information content (AvgIpc) is 2.26. The fraction of sp³-hybridized carbons (Fsp3) is 0.300. The number of phenols is 1. The van der Waals surface area contributed by atoms with Gasteiger partial charge in [0.1, 0.15) is 5.75 Å². The monoisotopic (exact) mass is 345 g/mol. The number of hydrogen-bond donors (Lipinski definition) is 2. The summed E-state index contributed by atoms with van der Waals surface area (Å²) in [6.45, 7) is 0. The van der Waals surface area contributed by atoms with Crippen molar-refractivity contribution in [1.29, 1.82) is 0 Å². The first kappa shape index (κ1) is 17.1. The second kappa shape index (κ2) is 6.86. The first-order valence-electron chi connectivity index (χ1n) is 4.57. The zero-order valence-electron chi connectivity index (χ0n) is 9.25. The van der Waals surface area contributed by atoms with Crippen LogP contribution in [0, 0.1) is 11.6 Å². The molecule has 0 saturated carbocycles. The molecule has 0 aliphatic heterocycles. The maximum atomic E-state index is 13.5. The molecular formula is C10H11BrClF2NO3. The summed E-state index contributed by atoms with van der Waals surface area (Å²) in [6.07, 6.45) is -0.364. The molecule has 0 radical (unpaired) electrons. The van der Waals surface area contributed by atoms with E-state index in [1.807, 2.05) is 0 Å². The average molecular weight is 347 g/mol. The Hall–Kier alpha value is -0.920. The van der Waals surface area contributed by atoms with Crippen molar-refractivity contribution in [3.63, 3.8) is 0 Å². The normalized spacial score (nSPS) is 11.6. The Morgan fingerprint density at radius 2 is 2.17 bits per heavy atom. The fourth-order valence-corrected chi connectivity index (χ4v) is 1.72. The molecule has 0 fully saturated rings. The van der Waals surface area contributed by atoms with Crippen molar-refractivity contribution in [2.75, 3.05) is 7.11 Å². The van der Waals surface area contributed by atoms with E-state index in [9.17, 15) is 18.7 Å². The number of aromatic hydroxyl groups is 1. The van der Waals surface area contributed by atoms with Gasteiger partial charge in [-0.15, -0.1) is 12.4 Å². The van der Waals surface area contributed by atoms with Crippen LogP contribution in [0.4, 0.5) is 8.78 Å². The molecule has 1 rings (SSSR count). The maximum Gasteiger partial charge on any atom is 0.307 e. The Morgan fingerprint density at radius 1 is 1.61 bits per heavy atom. The van der Waals surface area contributed by atoms with Crippen LogP contribution >= 0.6 is 28.3 Å². The van der Waals surface area contributed by atoms with Gasteiger partial charge in [-0.2, -0.15) is 0 Å². The molecule has 3 N–H and O–H groups in total. The second-order valence-electron chi connectivity index (χ2n) is 3.30. The molecule has 0 aliphatic rings. The van der Waals surface area contributed by atoms with Crippen molar-refractivity contribution < 1.29 is 23.4 Å². The van der Waals surface area contributed by atoms with Gasteiger partial charge in [0.05, 0.1) is 23.6 Å². The van der Waals surface area contributed by atoms with Crippen molar-refractivity contribution in [1.82, 2.24) is 0 Å². The van der Waals surface area contributed by atoms with Gasteiger partial charge in [0.2, 0.25) is 0 Å². The summed E-state index contributed by atoms with van der Waals surface area (Å²) in [6, 6.07) is -0.409. The summed E-state index contributed by atoms with van der Waals surface area (Å²) in [4.78, 5) is 11.0. The number of hydrogen-bond acceptors (Lipinski definition) is 4. The lowest BCUT2D eigenvalue weighted by atomic mass is 10.0. The predicted molar refractivity (Wildman–Crippen MR) is 66.5 cm³/mol. The first-order chi connectivity index (χ1) is 7.88. The van der Waals surface area contributed by atoms with Gasteiger partial charge >= 0.3 is 5.97 Å². The number of halogens is 4. The number of methoxy groups -OCH3 is 1. The SMILES string of the molecule is COC(=O)C[C@@H](N)c1c(O)c(Br)cc(F)c1F.Cl. The Bertz CT molecular complexity index is 433. The minimum atomic E-state index is -1.28. The van der Waals surface area contributed by atoms with Crippen molar-refractivity contribution >= 4 is 34.3 Å². The van der Waals surface area contributed by atoms with E-state index < -0.39 is 35.0 Å². The summed E-state index contributed by atoms with van der Waals surface area (Å²) in [5.74, 6) is -3.65. The topological polar surface area (TPSA) is 72.5 Å². The number of benzene rings is 1. The van der Waals surface area contributed by atoms with Crippen LogP contribution < -0.4 is 5.73 Å². The third-order valence-electron chi connectivity index (χ3n) is 2.17. The highest BCUT2D eigenvalue weighted by atomic mass is 79.9. The third kappa shape index (κ3) is 3.54. The van der Waals surface area contributed by atoms with Gasteiger partial charge < -0.3 is 15.6 Å². The van der Waals surface area contributed by atoms with Crippen molar-refractivity contribution in [3.05, 3.63) is 27.7 Å². The van der Waals surface area contributed by atoms with Crippen molar-refractivity contribution in [2.24, 2.45) is 5.73 Å². The maximum absolute atomic E-state index is 13.5. The van der Waals surface area contributed by atoms with E-state index in [-0.39, 0.29) is 23.3 Å². The Kier molecular flexibility index (Phi) is 6.51. The van der Waals surface area contributed by atoms with E-state index in [2.05, 4.69) is 20.7 Å². The van der Waals surface area contributed by atoms with Gasteiger partial charge in [-0.05, 0) is 22.0 Å². The number of carbonyl (C=O) groups excluding carboxylic acids is 1. The van der Waals surface area contributed by atoms with Gasteiger partial charge in [0, 0.05) is 6.04 Å². The minimum absolute atomic E-state index is 0. The summed E-state index contributed by atoms with van der Waals surface area (Å²) >= 11 is 2.85. The summed E-state index contributed by atoms with van der Waals surface area (Å²) < 4.78 is 30.9. The Labute approximate surface area is 117 Å². The van der Waals surface area contributed by atoms with Crippen LogP contribution in [0.25, 0.3) is 0 Å². The zero-order valence-corrected chi connectivity index (χ0v) is 11.6. The number of ether oxygens (including phenoxy) is 1. The molecule has 1 aromatic rings. The van der Waals surface area contributed by atoms with E-state index in [1.54, 1.807) is 0 Å². The van der Waals surface area contributed by atoms with Crippen LogP contribution in [0.1, 0.15) is 18.0 Å². The molecule has 18 heavy (non-hydrogen) atoms. The van der Waals surface area contributed by atoms with Gasteiger partial charge in [-0.25, -0.2) is 8.78 Å². The van der Waals surface area contributed by atoms with E-state index >= 15 is 0 Å². The molecule has 0 unspecified atom stereocenters. The van der Waals surface area contributed by atoms with Crippen LogP contribution in [0.15, 0.2) is 10.5 Å². The molecule has 0 saturated heterocycles. The zero-order chi connectivity index (χ0) is 13.2. The van der Waals surface area contributed by atoms with Gasteiger partial charge in [0.15, 0.2) is 11.6 Å². The molecule has 8 heteroatoms. The third-order valence-corrected chi connectivity index (χ3v) is 2.77. The molecular weight excluding hydrogens is 335 g/mol. The van der Waals surface area contributed by atoms with Gasteiger partial charge in [0.25, 0.3) is 0 Å². The minimum Gasteiger partial charge on any atom is -0.506 e. The highest BCUT2D eigenvalue weighted by Gasteiger charge is 2.24. The molecule has 0 spiro atoms. The molecule has 0 amide bonds. The second-order valence-corrected chi connectivity index (χ2v) is 4.16. The van der Waals surface area contributed by atoms with Crippen molar-refractivity contribution in [3.8, 4) is 5.75 Å². The Balaban J connectivity index is 0.00000289. The molecule has 0 aliphatic carbocycles. The lowest BCUT2D eigenvalue weighted by Gasteiger charge is -2.14.